The first-order valence-corrected chi connectivity index (χ1v) is 7.27. The van der Waals surface area contributed by atoms with Crippen molar-refractivity contribution >= 4 is 0 Å². The van der Waals surface area contributed by atoms with Crippen LogP contribution >= 0.6 is 0 Å². The van der Waals surface area contributed by atoms with Crippen LogP contribution in [0.4, 0.5) is 4.39 Å². The highest BCUT2D eigenvalue weighted by Crippen LogP contribution is 2.50. The molecule has 0 saturated heterocycles. The van der Waals surface area contributed by atoms with E-state index in [-0.39, 0.29) is 11.9 Å². The van der Waals surface area contributed by atoms with Gasteiger partial charge in [0.05, 0.1) is 7.11 Å². The number of nitrogens with two attached hydrogens (primary N) is 1. The van der Waals surface area contributed by atoms with Gasteiger partial charge in [-0.25, -0.2) is 4.39 Å². The minimum absolute atomic E-state index is 0.209. The number of ether oxygens (including phenoxy) is 1. The fourth-order valence-corrected chi connectivity index (χ4v) is 4.09. The van der Waals surface area contributed by atoms with Crippen LogP contribution in [0.25, 0.3) is 0 Å². The Morgan fingerprint density at radius 1 is 1.37 bits per heavy atom. The highest BCUT2D eigenvalue weighted by Gasteiger charge is 2.40. The molecule has 2 fully saturated rings. The van der Waals surface area contributed by atoms with E-state index in [1.165, 1.54) is 32.8 Å². The Hall–Kier alpha value is -1.09. The SMILES string of the molecule is COc1cccc(C(N)CC2CC3CCC2C3)c1F. The molecule has 2 N–H and O–H groups in total. The predicted molar refractivity (Wildman–Crippen MR) is 73.4 cm³/mol. The van der Waals surface area contributed by atoms with Gasteiger partial charge in [-0.15, -0.1) is 0 Å². The third-order valence-corrected chi connectivity index (χ3v) is 5.05. The Bertz CT molecular complexity index is 462. The summed E-state index contributed by atoms with van der Waals surface area (Å²) in [5.41, 5.74) is 6.83. The zero-order valence-corrected chi connectivity index (χ0v) is 11.4. The predicted octanol–water partition coefficient (Wildman–Crippen LogP) is 3.66. The van der Waals surface area contributed by atoms with Crippen molar-refractivity contribution in [1.29, 1.82) is 0 Å². The topological polar surface area (TPSA) is 35.2 Å². The van der Waals surface area contributed by atoms with Crippen molar-refractivity contribution in [3.63, 3.8) is 0 Å². The fraction of sp³-hybridized carbons (Fsp3) is 0.625. The zero-order valence-electron chi connectivity index (χ0n) is 11.4. The summed E-state index contributed by atoms with van der Waals surface area (Å²) in [5.74, 6) is 2.45. The molecule has 3 rings (SSSR count). The van der Waals surface area contributed by atoms with Gasteiger partial charge in [0.1, 0.15) is 0 Å². The molecule has 4 atom stereocenters. The molecule has 19 heavy (non-hydrogen) atoms. The van der Waals surface area contributed by atoms with E-state index in [1.54, 1.807) is 12.1 Å². The van der Waals surface area contributed by atoms with Crippen molar-refractivity contribution in [3.05, 3.63) is 29.6 Å². The molecule has 4 unspecified atom stereocenters. The summed E-state index contributed by atoms with van der Waals surface area (Å²) in [7, 11) is 1.49. The first-order chi connectivity index (χ1) is 9.19. The van der Waals surface area contributed by atoms with Crippen LogP contribution in [0, 0.1) is 23.6 Å². The van der Waals surface area contributed by atoms with Gasteiger partial charge < -0.3 is 10.5 Å². The molecule has 2 aliphatic rings. The lowest BCUT2D eigenvalue weighted by Gasteiger charge is -2.25. The summed E-state index contributed by atoms with van der Waals surface area (Å²) in [6, 6.07) is 5.04. The third kappa shape index (κ3) is 2.36. The molecular formula is C16H22FNO. The molecule has 0 spiro atoms. The zero-order chi connectivity index (χ0) is 13.4. The van der Waals surface area contributed by atoms with E-state index in [2.05, 4.69) is 0 Å². The first-order valence-electron chi connectivity index (χ1n) is 7.27. The summed E-state index contributed by atoms with van der Waals surface area (Å²) in [5, 5.41) is 0. The number of hydrogen-bond donors (Lipinski definition) is 1. The summed E-state index contributed by atoms with van der Waals surface area (Å²) in [4.78, 5) is 0. The molecule has 0 aromatic heterocycles. The molecule has 0 aliphatic heterocycles. The second-order valence-electron chi connectivity index (χ2n) is 6.14. The van der Waals surface area contributed by atoms with E-state index >= 15 is 0 Å². The average Bonchev–Trinajstić information content (AvgIpc) is 3.01. The Kier molecular flexibility index (Phi) is 3.48. The normalized spacial score (nSPS) is 30.6. The van der Waals surface area contributed by atoms with Crippen LogP contribution in [0.3, 0.4) is 0 Å². The Balaban J connectivity index is 1.72. The van der Waals surface area contributed by atoms with Gasteiger partial charge in [-0.3, -0.25) is 0 Å². The molecule has 1 aromatic carbocycles. The molecule has 2 nitrogen and oxygen atoms in total. The van der Waals surface area contributed by atoms with Crippen molar-refractivity contribution in [3.8, 4) is 5.75 Å². The highest BCUT2D eigenvalue weighted by molar-refractivity contribution is 5.33. The Morgan fingerprint density at radius 2 is 2.21 bits per heavy atom. The van der Waals surface area contributed by atoms with Gasteiger partial charge in [0, 0.05) is 11.6 Å². The van der Waals surface area contributed by atoms with Crippen LogP contribution < -0.4 is 10.5 Å². The lowest BCUT2D eigenvalue weighted by molar-refractivity contribution is 0.293. The number of methoxy groups -OCH3 is 1. The van der Waals surface area contributed by atoms with Gasteiger partial charge >= 0.3 is 0 Å². The second-order valence-corrected chi connectivity index (χ2v) is 6.14. The van der Waals surface area contributed by atoms with Crippen LogP contribution in [0.1, 0.15) is 43.7 Å². The molecule has 2 aliphatic carbocycles. The van der Waals surface area contributed by atoms with Crippen molar-refractivity contribution < 1.29 is 9.13 Å². The first kappa shape index (κ1) is 12.9. The minimum atomic E-state index is -0.291. The summed E-state index contributed by atoms with van der Waals surface area (Å²) >= 11 is 0. The van der Waals surface area contributed by atoms with Gasteiger partial charge in [-0.05, 0) is 49.5 Å². The third-order valence-electron chi connectivity index (χ3n) is 5.05. The van der Waals surface area contributed by atoms with Crippen LogP contribution in [-0.4, -0.2) is 7.11 Å². The molecule has 3 heteroatoms. The largest absolute Gasteiger partial charge is 0.494 e. The van der Waals surface area contributed by atoms with E-state index in [0.717, 1.165) is 18.3 Å². The Morgan fingerprint density at radius 3 is 2.84 bits per heavy atom. The lowest BCUT2D eigenvalue weighted by atomic mass is 9.83. The molecule has 104 valence electrons. The molecule has 2 bridgehead atoms. The summed E-state index contributed by atoms with van der Waals surface area (Å²) in [6.45, 7) is 0. The maximum Gasteiger partial charge on any atom is 0.169 e. The second kappa shape index (κ2) is 5.12. The van der Waals surface area contributed by atoms with E-state index < -0.39 is 0 Å². The van der Waals surface area contributed by atoms with Gasteiger partial charge in [-0.1, -0.05) is 18.6 Å². The molecular weight excluding hydrogens is 241 g/mol. The van der Waals surface area contributed by atoms with Gasteiger partial charge in [0.15, 0.2) is 11.6 Å². The van der Waals surface area contributed by atoms with E-state index in [0.29, 0.717) is 17.2 Å². The smallest absolute Gasteiger partial charge is 0.169 e. The van der Waals surface area contributed by atoms with Crippen molar-refractivity contribution in [2.45, 2.75) is 38.1 Å². The maximum absolute atomic E-state index is 14.2. The highest BCUT2D eigenvalue weighted by atomic mass is 19.1. The number of hydrogen-bond acceptors (Lipinski definition) is 2. The molecule has 0 amide bonds. The summed E-state index contributed by atoms with van der Waals surface area (Å²) < 4.78 is 19.2. The fourth-order valence-electron chi connectivity index (χ4n) is 4.09. The Labute approximate surface area is 114 Å². The van der Waals surface area contributed by atoms with Crippen LogP contribution in [-0.2, 0) is 0 Å². The minimum Gasteiger partial charge on any atom is -0.494 e. The number of fused-ring (bicyclic) bond motifs is 2. The van der Waals surface area contributed by atoms with Crippen LogP contribution in [0.5, 0.6) is 5.75 Å². The number of halogens is 1. The summed E-state index contributed by atoms with van der Waals surface area (Å²) in [6.07, 6.45) is 6.32. The standard InChI is InChI=1S/C16H22FNO/c1-19-15-4-2-3-13(16(15)17)14(18)9-12-8-10-5-6-11(12)7-10/h2-4,10-12,14H,5-9,18H2,1H3. The van der Waals surface area contributed by atoms with E-state index in [1.807, 2.05) is 6.07 Å². The van der Waals surface area contributed by atoms with Gasteiger partial charge in [0.25, 0.3) is 0 Å². The van der Waals surface area contributed by atoms with E-state index in [9.17, 15) is 4.39 Å². The molecule has 0 radical (unpaired) electrons. The van der Waals surface area contributed by atoms with Crippen LogP contribution in [0.2, 0.25) is 0 Å². The lowest BCUT2D eigenvalue weighted by Crippen LogP contribution is -2.20. The van der Waals surface area contributed by atoms with Gasteiger partial charge in [0.2, 0.25) is 0 Å². The van der Waals surface area contributed by atoms with Crippen LogP contribution in [0.15, 0.2) is 18.2 Å². The van der Waals surface area contributed by atoms with Crippen molar-refractivity contribution in [1.82, 2.24) is 0 Å². The maximum atomic E-state index is 14.2. The number of rotatable bonds is 4. The number of benzene rings is 1. The molecule has 0 heterocycles. The molecule has 2 saturated carbocycles. The van der Waals surface area contributed by atoms with Gasteiger partial charge in [-0.2, -0.15) is 0 Å². The van der Waals surface area contributed by atoms with Crippen molar-refractivity contribution in [2.24, 2.45) is 23.5 Å². The molecule has 1 aromatic rings. The van der Waals surface area contributed by atoms with E-state index in [4.69, 9.17) is 10.5 Å². The monoisotopic (exact) mass is 263 g/mol. The quantitative estimate of drug-likeness (QED) is 0.899. The average molecular weight is 263 g/mol. The van der Waals surface area contributed by atoms with Crippen molar-refractivity contribution in [2.75, 3.05) is 7.11 Å².